The Morgan fingerprint density at radius 1 is 1.03 bits per heavy atom. The van der Waals surface area contributed by atoms with Gasteiger partial charge in [0, 0.05) is 32.2 Å². The first-order chi connectivity index (χ1) is 15.2. The van der Waals surface area contributed by atoms with E-state index < -0.39 is 20.9 Å². The Kier molecular flexibility index (Phi) is 7.38. The molecule has 0 atom stereocenters. The van der Waals surface area contributed by atoms with Gasteiger partial charge in [-0.05, 0) is 48.5 Å². The number of nitro groups is 1. The third-order valence-electron chi connectivity index (χ3n) is 3.96. The zero-order valence-corrected chi connectivity index (χ0v) is 19.9. The Hall–Kier alpha value is -3.09. The Balaban J connectivity index is 1.80. The monoisotopic (exact) mass is 581 g/mol. The maximum atomic E-state index is 12.6. The Bertz CT molecular complexity index is 1310. The van der Waals surface area contributed by atoms with Crippen LogP contribution >= 0.6 is 31.9 Å². The van der Waals surface area contributed by atoms with E-state index in [0.717, 1.165) is 28.7 Å². The molecule has 12 heteroatoms. The van der Waals surface area contributed by atoms with E-state index in [0.29, 0.717) is 10.0 Å². The lowest BCUT2D eigenvalue weighted by Crippen LogP contribution is -2.17. The summed E-state index contributed by atoms with van der Waals surface area (Å²) in [6, 6.07) is 15.5. The summed E-state index contributed by atoms with van der Waals surface area (Å²) in [4.78, 5) is 22.1. The number of benzene rings is 3. The van der Waals surface area contributed by atoms with Crippen molar-refractivity contribution in [3.63, 3.8) is 0 Å². The zero-order valence-electron chi connectivity index (χ0n) is 15.9. The first kappa shape index (κ1) is 23.6. The summed E-state index contributed by atoms with van der Waals surface area (Å²) < 4.78 is 31.7. The third-order valence-corrected chi connectivity index (χ3v) is 6.20. The number of nitrogens with one attached hydrogen (secondary N) is 1. The summed E-state index contributed by atoms with van der Waals surface area (Å²) >= 11 is 6.57. The number of nitrogens with zero attached hydrogens (tertiary/aromatic N) is 2. The molecule has 32 heavy (non-hydrogen) atoms. The molecule has 0 saturated carbocycles. The van der Waals surface area contributed by atoms with Crippen molar-refractivity contribution >= 4 is 59.8 Å². The van der Waals surface area contributed by atoms with Crippen LogP contribution in [0, 0.1) is 10.1 Å². The average Bonchev–Trinajstić information content (AvgIpc) is 2.75. The second kappa shape index (κ2) is 10.0. The largest absolute Gasteiger partial charge is 0.378 e. The number of halogens is 2. The molecule has 164 valence electrons. The van der Waals surface area contributed by atoms with Crippen molar-refractivity contribution in [2.45, 2.75) is 4.90 Å². The van der Waals surface area contributed by atoms with Gasteiger partial charge in [0.1, 0.15) is 4.90 Å². The van der Waals surface area contributed by atoms with Gasteiger partial charge in [-0.2, -0.15) is 13.5 Å². The molecule has 0 aliphatic carbocycles. The fourth-order valence-electron chi connectivity index (χ4n) is 2.45. The molecule has 1 amide bonds. The number of rotatable bonds is 7. The van der Waals surface area contributed by atoms with E-state index in [4.69, 9.17) is 4.18 Å². The van der Waals surface area contributed by atoms with Crippen molar-refractivity contribution < 1.29 is 22.3 Å². The second-order valence-corrected chi connectivity index (χ2v) is 9.56. The van der Waals surface area contributed by atoms with Crippen LogP contribution in [0.4, 0.5) is 5.69 Å². The molecule has 0 radical (unpaired) electrons. The van der Waals surface area contributed by atoms with Gasteiger partial charge >= 0.3 is 10.1 Å². The molecule has 9 nitrogen and oxygen atoms in total. The Morgan fingerprint density at radius 2 is 1.72 bits per heavy atom. The average molecular weight is 583 g/mol. The molecule has 0 unspecified atom stereocenters. The van der Waals surface area contributed by atoms with Crippen molar-refractivity contribution in [1.82, 2.24) is 5.43 Å². The first-order valence-corrected chi connectivity index (χ1v) is 11.7. The van der Waals surface area contributed by atoms with Gasteiger partial charge in [-0.3, -0.25) is 14.9 Å². The van der Waals surface area contributed by atoms with Crippen LogP contribution < -0.4 is 9.61 Å². The number of hydrogen-bond donors (Lipinski definition) is 1. The minimum atomic E-state index is -4.27. The van der Waals surface area contributed by atoms with Gasteiger partial charge in [0.15, 0.2) is 5.75 Å². The van der Waals surface area contributed by atoms with E-state index in [-0.39, 0.29) is 21.9 Å². The van der Waals surface area contributed by atoms with Gasteiger partial charge in [0.05, 0.1) is 11.1 Å². The van der Waals surface area contributed by atoms with Crippen LogP contribution in [0.3, 0.4) is 0 Å². The molecular weight excluding hydrogens is 570 g/mol. The third kappa shape index (κ3) is 5.99. The number of carbonyl (C=O) groups is 1. The van der Waals surface area contributed by atoms with Crippen molar-refractivity contribution in [3.05, 3.63) is 96.9 Å². The van der Waals surface area contributed by atoms with Crippen LogP contribution in [0.25, 0.3) is 0 Å². The van der Waals surface area contributed by atoms with Gasteiger partial charge in [0.2, 0.25) is 0 Å². The van der Waals surface area contributed by atoms with Crippen LogP contribution in [0.1, 0.15) is 15.9 Å². The Morgan fingerprint density at radius 3 is 2.38 bits per heavy atom. The minimum Gasteiger partial charge on any atom is -0.378 e. The molecule has 0 spiro atoms. The molecule has 0 fully saturated rings. The molecule has 0 saturated heterocycles. The Labute approximate surface area is 199 Å². The second-order valence-electron chi connectivity index (χ2n) is 6.18. The maximum Gasteiger partial charge on any atom is 0.339 e. The fraction of sp³-hybridized carbons (Fsp3) is 0. The number of nitro benzene ring substituents is 1. The lowest BCUT2D eigenvalue weighted by Gasteiger charge is -2.10. The van der Waals surface area contributed by atoms with E-state index in [1.165, 1.54) is 12.3 Å². The standard InChI is InChI=1S/C20H13Br2N3O6S/c21-15-3-1-2-13(10-15)20(26)24-23-12-14-11-16(22)4-9-19(14)31-32(29,30)18-7-5-17(6-8-18)25(27)28/h1-12H,(H,24,26)/b23-12-. The molecule has 0 aromatic heterocycles. The highest BCUT2D eigenvalue weighted by Gasteiger charge is 2.20. The summed E-state index contributed by atoms with van der Waals surface area (Å²) in [5.41, 5.74) is 2.75. The molecular formula is C20H13Br2N3O6S. The molecule has 0 heterocycles. The van der Waals surface area contributed by atoms with E-state index in [1.54, 1.807) is 36.4 Å². The maximum absolute atomic E-state index is 12.6. The zero-order chi connectivity index (χ0) is 23.3. The predicted molar refractivity (Wildman–Crippen MR) is 124 cm³/mol. The fourth-order valence-corrected chi connectivity index (χ4v) is 4.18. The van der Waals surface area contributed by atoms with Crippen molar-refractivity contribution in [3.8, 4) is 5.75 Å². The molecule has 3 aromatic rings. The predicted octanol–water partition coefficient (Wildman–Crippen LogP) is 4.65. The van der Waals surface area contributed by atoms with Crippen molar-refractivity contribution in [2.75, 3.05) is 0 Å². The van der Waals surface area contributed by atoms with Gasteiger partial charge in [-0.15, -0.1) is 0 Å². The molecule has 0 bridgehead atoms. The highest BCUT2D eigenvalue weighted by molar-refractivity contribution is 9.10. The van der Waals surface area contributed by atoms with Crippen molar-refractivity contribution in [2.24, 2.45) is 5.10 Å². The SMILES string of the molecule is O=C(N/N=C\c1cc(Br)ccc1OS(=O)(=O)c1ccc([N+](=O)[O-])cc1)c1cccc(Br)c1. The van der Waals surface area contributed by atoms with Crippen molar-refractivity contribution in [1.29, 1.82) is 0 Å². The molecule has 0 aliphatic heterocycles. The molecule has 3 rings (SSSR count). The number of amides is 1. The summed E-state index contributed by atoms with van der Waals surface area (Å²) in [5.74, 6) is -0.509. The topological polar surface area (TPSA) is 128 Å². The normalized spacial score (nSPS) is 11.3. The highest BCUT2D eigenvalue weighted by Crippen LogP contribution is 2.26. The van der Waals surface area contributed by atoms with E-state index >= 15 is 0 Å². The quantitative estimate of drug-likeness (QED) is 0.187. The van der Waals surface area contributed by atoms with E-state index in [2.05, 4.69) is 42.4 Å². The van der Waals surface area contributed by atoms with E-state index in [9.17, 15) is 23.3 Å². The molecule has 1 N–H and O–H groups in total. The summed E-state index contributed by atoms with van der Waals surface area (Å²) in [5, 5.41) is 14.6. The van der Waals surface area contributed by atoms with Gasteiger partial charge in [-0.1, -0.05) is 37.9 Å². The lowest BCUT2D eigenvalue weighted by molar-refractivity contribution is -0.384. The van der Waals surface area contributed by atoms with Gasteiger partial charge < -0.3 is 4.18 Å². The lowest BCUT2D eigenvalue weighted by atomic mass is 10.2. The van der Waals surface area contributed by atoms with Crippen LogP contribution in [0.5, 0.6) is 5.75 Å². The number of non-ortho nitro benzene ring substituents is 1. The molecule has 3 aromatic carbocycles. The van der Waals surface area contributed by atoms with E-state index in [1.807, 2.05) is 0 Å². The number of carbonyl (C=O) groups excluding carboxylic acids is 1. The summed E-state index contributed by atoms with van der Waals surface area (Å²) in [6.45, 7) is 0. The minimum absolute atomic E-state index is 0.0491. The van der Waals surface area contributed by atoms with Crippen LogP contribution in [-0.4, -0.2) is 25.5 Å². The highest BCUT2D eigenvalue weighted by atomic mass is 79.9. The van der Waals surface area contributed by atoms with Crippen LogP contribution in [-0.2, 0) is 10.1 Å². The van der Waals surface area contributed by atoms with Crippen LogP contribution in [0.15, 0.2) is 85.7 Å². The van der Waals surface area contributed by atoms with Gasteiger partial charge in [0.25, 0.3) is 11.6 Å². The smallest absolute Gasteiger partial charge is 0.339 e. The first-order valence-electron chi connectivity index (χ1n) is 8.73. The molecule has 0 aliphatic rings. The van der Waals surface area contributed by atoms with Gasteiger partial charge in [-0.25, -0.2) is 5.43 Å². The van der Waals surface area contributed by atoms with Crippen LogP contribution in [0.2, 0.25) is 0 Å². The summed E-state index contributed by atoms with van der Waals surface area (Å²) in [6.07, 6.45) is 1.24. The number of hydrazone groups is 1. The summed E-state index contributed by atoms with van der Waals surface area (Å²) in [7, 11) is -4.27. The number of hydrogen-bond acceptors (Lipinski definition) is 7.